The van der Waals surface area contributed by atoms with Crippen molar-refractivity contribution in [1.29, 1.82) is 0 Å². The summed E-state index contributed by atoms with van der Waals surface area (Å²) >= 11 is 6.06. The van der Waals surface area contributed by atoms with E-state index < -0.39 is 10.0 Å². The minimum atomic E-state index is -3.73. The summed E-state index contributed by atoms with van der Waals surface area (Å²) in [5, 5.41) is 3.01. The first kappa shape index (κ1) is 21.8. The molecule has 2 aromatic carbocycles. The van der Waals surface area contributed by atoms with E-state index in [0.717, 1.165) is 23.8 Å². The van der Waals surface area contributed by atoms with Gasteiger partial charge in [0.05, 0.1) is 5.02 Å². The first-order chi connectivity index (χ1) is 13.7. The largest absolute Gasteiger partial charge is 0.350 e. The fourth-order valence-electron chi connectivity index (χ4n) is 3.40. The summed E-state index contributed by atoms with van der Waals surface area (Å²) < 4.78 is 25.9. The first-order valence-electron chi connectivity index (χ1n) is 9.51. The zero-order valence-electron chi connectivity index (χ0n) is 16.9. The van der Waals surface area contributed by atoms with E-state index in [1.54, 1.807) is 0 Å². The zero-order valence-corrected chi connectivity index (χ0v) is 18.4. The van der Waals surface area contributed by atoms with Gasteiger partial charge in [-0.25, -0.2) is 12.7 Å². The number of sulfonamides is 1. The van der Waals surface area contributed by atoms with Crippen LogP contribution in [0.25, 0.3) is 0 Å². The maximum atomic E-state index is 12.6. The molecule has 0 spiro atoms. The average Bonchev–Trinajstić information content (AvgIpc) is 2.71. The summed E-state index contributed by atoms with van der Waals surface area (Å²) in [6, 6.07) is 12.9. The van der Waals surface area contributed by atoms with Crippen LogP contribution in [-0.2, 0) is 23.0 Å². The van der Waals surface area contributed by atoms with Crippen molar-refractivity contribution in [3.8, 4) is 0 Å². The molecule has 156 valence electrons. The monoisotopic (exact) mass is 435 g/mol. The Balaban J connectivity index is 1.65. The number of nitrogens with one attached hydrogen (secondary N) is 1. The molecule has 1 aliphatic rings. The molecule has 1 amide bonds. The van der Waals surface area contributed by atoms with Crippen LogP contribution in [0.15, 0.2) is 47.4 Å². The predicted octanol–water partition coefficient (Wildman–Crippen LogP) is 2.77. The van der Waals surface area contributed by atoms with E-state index in [1.807, 2.05) is 0 Å². The Kier molecular flexibility index (Phi) is 6.63. The molecule has 1 atom stereocenters. The molecule has 0 radical (unpaired) electrons. The standard InChI is InChI=1S/C21H26ClN3O3S/c1-15(25-11-10-16-6-4-5-7-18(16)14-25)13-23-21(26)17-8-9-19(22)20(12-17)29(27,28)24(2)3/h4-9,12,15H,10-11,13-14H2,1-3H3,(H,23,26). The van der Waals surface area contributed by atoms with Crippen molar-refractivity contribution in [2.75, 3.05) is 27.2 Å². The maximum Gasteiger partial charge on any atom is 0.251 e. The van der Waals surface area contributed by atoms with E-state index in [-0.39, 0.29) is 27.4 Å². The highest BCUT2D eigenvalue weighted by Gasteiger charge is 2.24. The summed E-state index contributed by atoms with van der Waals surface area (Å²) in [6.45, 7) is 4.36. The molecule has 1 N–H and O–H groups in total. The zero-order chi connectivity index (χ0) is 21.2. The van der Waals surface area contributed by atoms with Gasteiger partial charge in [-0.3, -0.25) is 9.69 Å². The van der Waals surface area contributed by atoms with Gasteiger partial charge in [-0.15, -0.1) is 0 Å². The van der Waals surface area contributed by atoms with Crippen LogP contribution in [0, 0.1) is 0 Å². The van der Waals surface area contributed by atoms with E-state index in [0.29, 0.717) is 6.54 Å². The molecule has 1 heterocycles. The smallest absolute Gasteiger partial charge is 0.251 e. The van der Waals surface area contributed by atoms with E-state index in [4.69, 9.17) is 11.6 Å². The van der Waals surface area contributed by atoms with E-state index in [9.17, 15) is 13.2 Å². The van der Waals surface area contributed by atoms with E-state index >= 15 is 0 Å². The summed E-state index contributed by atoms with van der Waals surface area (Å²) in [5.41, 5.74) is 2.98. The number of rotatable bonds is 6. The van der Waals surface area contributed by atoms with Gasteiger partial charge in [0, 0.05) is 45.3 Å². The summed E-state index contributed by atoms with van der Waals surface area (Å²) in [5.74, 6) is -0.318. The maximum absolute atomic E-state index is 12.6. The number of hydrogen-bond donors (Lipinski definition) is 1. The predicted molar refractivity (Wildman–Crippen MR) is 115 cm³/mol. The number of hydrogen-bond acceptors (Lipinski definition) is 4. The molecule has 29 heavy (non-hydrogen) atoms. The third-order valence-electron chi connectivity index (χ3n) is 5.29. The van der Waals surface area contributed by atoms with Gasteiger partial charge in [0.15, 0.2) is 0 Å². The lowest BCUT2D eigenvalue weighted by molar-refractivity contribution is 0.0932. The Bertz CT molecular complexity index is 1010. The highest BCUT2D eigenvalue weighted by Crippen LogP contribution is 2.25. The normalized spacial score (nSPS) is 15.8. The minimum Gasteiger partial charge on any atom is -0.350 e. The number of carbonyl (C=O) groups excluding carboxylic acids is 1. The molecule has 0 bridgehead atoms. The van der Waals surface area contributed by atoms with Gasteiger partial charge in [-0.1, -0.05) is 35.9 Å². The fraction of sp³-hybridized carbons (Fsp3) is 0.381. The van der Waals surface area contributed by atoms with Crippen LogP contribution >= 0.6 is 11.6 Å². The molecule has 2 aromatic rings. The van der Waals surface area contributed by atoms with Crippen LogP contribution in [0.4, 0.5) is 0 Å². The molecule has 1 aliphatic heterocycles. The van der Waals surface area contributed by atoms with Gasteiger partial charge < -0.3 is 5.32 Å². The van der Waals surface area contributed by atoms with Crippen molar-refractivity contribution in [2.24, 2.45) is 0 Å². The average molecular weight is 436 g/mol. The van der Waals surface area contributed by atoms with Crippen LogP contribution < -0.4 is 5.32 Å². The molecule has 1 unspecified atom stereocenters. The lowest BCUT2D eigenvalue weighted by atomic mass is 9.99. The van der Waals surface area contributed by atoms with Crippen LogP contribution in [0.3, 0.4) is 0 Å². The second kappa shape index (κ2) is 8.83. The second-order valence-corrected chi connectivity index (χ2v) is 10.0. The van der Waals surface area contributed by atoms with Crippen molar-refractivity contribution in [3.05, 3.63) is 64.2 Å². The number of fused-ring (bicyclic) bond motifs is 1. The summed E-state index contributed by atoms with van der Waals surface area (Å²) in [7, 11) is -0.872. The molecule has 0 aliphatic carbocycles. The third-order valence-corrected chi connectivity index (χ3v) is 7.59. The lowest BCUT2D eigenvalue weighted by Crippen LogP contribution is -2.44. The van der Waals surface area contributed by atoms with Crippen LogP contribution in [-0.4, -0.2) is 56.8 Å². The SMILES string of the molecule is CC(CNC(=O)c1ccc(Cl)c(S(=O)(=O)N(C)C)c1)N1CCc2ccccc2C1. The Morgan fingerprint density at radius 1 is 1.21 bits per heavy atom. The Morgan fingerprint density at radius 3 is 2.59 bits per heavy atom. The number of benzene rings is 2. The number of amides is 1. The third kappa shape index (κ3) is 4.80. The molecule has 0 aromatic heterocycles. The first-order valence-corrected chi connectivity index (χ1v) is 11.3. The highest BCUT2D eigenvalue weighted by atomic mass is 35.5. The van der Waals surface area contributed by atoms with Gasteiger partial charge >= 0.3 is 0 Å². The van der Waals surface area contributed by atoms with Crippen molar-refractivity contribution < 1.29 is 13.2 Å². The van der Waals surface area contributed by atoms with Gasteiger partial charge in [-0.05, 0) is 42.7 Å². The molecule has 6 nitrogen and oxygen atoms in total. The topological polar surface area (TPSA) is 69.7 Å². The Morgan fingerprint density at radius 2 is 1.90 bits per heavy atom. The summed E-state index contributed by atoms with van der Waals surface area (Å²) in [6.07, 6.45) is 0.997. The Hall–Kier alpha value is -1.93. The Labute approximate surface area is 177 Å². The molecular weight excluding hydrogens is 410 g/mol. The van der Waals surface area contributed by atoms with Crippen molar-refractivity contribution >= 4 is 27.5 Å². The van der Waals surface area contributed by atoms with Gasteiger partial charge in [0.2, 0.25) is 10.0 Å². The summed E-state index contributed by atoms with van der Waals surface area (Å²) in [4.78, 5) is 14.9. The van der Waals surface area contributed by atoms with Crippen LogP contribution in [0.1, 0.15) is 28.4 Å². The van der Waals surface area contributed by atoms with Gasteiger partial charge in [0.25, 0.3) is 5.91 Å². The number of carbonyl (C=O) groups is 1. The molecule has 0 saturated heterocycles. The van der Waals surface area contributed by atoms with Crippen molar-refractivity contribution in [2.45, 2.75) is 30.8 Å². The molecular formula is C21H26ClN3O3S. The highest BCUT2D eigenvalue weighted by molar-refractivity contribution is 7.89. The van der Waals surface area contributed by atoms with E-state index in [1.165, 1.54) is 43.4 Å². The number of halogens is 1. The van der Waals surface area contributed by atoms with Gasteiger partial charge in [-0.2, -0.15) is 0 Å². The fourth-order valence-corrected chi connectivity index (χ4v) is 4.80. The number of nitrogens with zero attached hydrogens (tertiary/aromatic N) is 2. The quantitative estimate of drug-likeness (QED) is 0.757. The molecule has 8 heteroatoms. The van der Waals surface area contributed by atoms with E-state index in [2.05, 4.69) is 41.4 Å². The van der Waals surface area contributed by atoms with Crippen LogP contribution in [0.5, 0.6) is 0 Å². The van der Waals surface area contributed by atoms with Crippen molar-refractivity contribution in [1.82, 2.24) is 14.5 Å². The minimum absolute atomic E-state index is 0.0718. The second-order valence-electron chi connectivity index (χ2n) is 7.48. The molecule has 3 rings (SSSR count). The van der Waals surface area contributed by atoms with Gasteiger partial charge in [0.1, 0.15) is 4.90 Å². The molecule has 0 fully saturated rings. The van der Waals surface area contributed by atoms with Crippen molar-refractivity contribution in [3.63, 3.8) is 0 Å². The van der Waals surface area contributed by atoms with Crippen LogP contribution in [0.2, 0.25) is 5.02 Å². The lowest BCUT2D eigenvalue weighted by Gasteiger charge is -2.33. The molecule has 0 saturated carbocycles.